The van der Waals surface area contributed by atoms with Crippen LogP contribution in [0.3, 0.4) is 0 Å². The predicted octanol–water partition coefficient (Wildman–Crippen LogP) is 5.24. The van der Waals surface area contributed by atoms with Gasteiger partial charge in [-0.3, -0.25) is 4.99 Å². The lowest BCUT2D eigenvalue weighted by Crippen LogP contribution is -2.42. The van der Waals surface area contributed by atoms with Crippen LogP contribution in [0.1, 0.15) is 69.2 Å². The summed E-state index contributed by atoms with van der Waals surface area (Å²) < 4.78 is 5.75. The third-order valence-corrected chi connectivity index (χ3v) is 7.56. The Kier molecular flexibility index (Phi) is 6.69. The number of H-pyrrole nitrogens is 1. The average molecular weight is 475 g/mol. The van der Waals surface area contributed by atoms with Gasteiger partial charge in [0.25, 0.3) is 0 Å². The Morgan fingerprint density at radius 2 is 2.00 bits per heavy atom. The van der Waals surface area contributed by atoms with Crippen LogP contribution in [-0.4, -0.2) is 65.4 Å². The largest absolute Gasteiger partial charge is 0.495 e. The van der Waals surface area contributed by atoms with Gasteiger partial charge in [-0.1, -0.05) is 19.1 Å². The molecule has 3 aliphatic rings. The van der Waals surface area contributed by atoms with Gasteiger partial charge in [-0.05, 0) is 99.9 Å². The number of likely N-dealkylation sites (tertiary alicyclic amines) is 1. The molecule has 0 bridgehead atoms. The fourth-order valence-electron chi connectivity index (χ4n) is 5.88. The van der Waals surface area contributed by atoms with E-state index in [2.05, 4.69) is 57.1 Å². The normalized spacial score (nSPS) is 24.8. The van der Waals surface area contributed by atoms with Crippen molar-refractivity contribution in [3.8, 4) is 0 Å². The number of hydrogen-bond donors (Lipinski definition) is 2. The molecule has 5 rings (SSSR count). The first-order valence-electron chi connectivity index (χ1n) is 13.0. The van der Waals surface area contributed by atoms with E-state index in [1.807, 2.05) is 13.8 Å². The number of nitrogens with zero attached hydrogens (tertiary/aromatic N) is 3. The monoisotopic (exact) mass is 474 g/mol. The van der Waals surface area contributed by atoms with Crippen molar-refractivity contribution in [3.63, 3.8) is 0 Å². The zero-order valence-corrected chi connectivity index (χ0v) is 21.5. The Morgan fingerprint density at radius 3 is 2.71 bits per heavy atom. The molecular formula is C29H38N4O2. The number of aryl methyl sites for hydroxylation is 1. The van der Waals surface area contributed by atoms with Crippen LogP contribution in [0.4, 0.5) is 0 Å². The van der Waals surface area contributed by atoms with E-state index in [4.69, 9.17) is 4.74 Å². The van der Waals surface area contributed by atoms with Gasteiger partial charge >= 0.3 is 0 Å². The van der Waals surface area contributed by atoms with Gasteiger partial charge in [0.05, 0.1) is 18.8 Å². The molecule has 6 heteroatoms. The molecule has 6 nitrogen and oxygen atoms in total. The maximum atomic E-state index is 10.2. The number of nitrogens with one attached hydrogen (secondary N) is 1. The van der Waals surface area contributed by atoms with E-state index >= 15 is 0 Å². The minimum Gasteiger partial charge on any atom is -0.495 e. The van der Waals surface area contributed by atoms with E-state index in [1.54, 1.807) is 13.4 Å². The third-order valence-electron chi connectivity index (χ3n) is 7.56. The summed E-state index contributed by atoms with van der Waals surface area (Å²) >= 11 is 0. The van der Waals surface area contributed by atoms with E-state index in [-0.39, 0.29) is 6.04 Å². The number of fused-ring (bicyclic) bond motifs is 2. The zero-order chi connectivity index (χ0) is 24.6. The lowest BCUT2D eigenvalue weighted by molar-refractivity contribution is 0.0282. The Balaban J connectivity index is 1.43. The number of aromatic amines is 1. The summed E-state index contributed by atoms with van der Waals surface area (Å²) in [6.45, 7) is 8.85. The molecule has 0 radical (unpaired) electrons. The van der Waals surface area contributed by atoms with Crippen LogP contribution in [0, 0.1) is 0 Å². The van der Waals surface area contributed by atoms with Crippen LogP contribution in [0.25, 0.3) is 16.5 Å². The van der Waals surface area contributed by atoms with Crippen LogP contribution in [0.2, 0.25) is 0 Å². The Hall–Kier alpha value is -2.70. The minimum absolute atomic E-state index is 0.102. The molecule has 1 aromatic carbocycles. The van der Waals surface area contributed by atoms with Crippen molar-refractivity contribution in [3.05, 3.63) is 52.9 Å². The van der Waals surface area contributed by atoms with Crippen molar-refractivity contribution in [1.82, 2.24) is 9.88 Å². The fourth-order valence-corrected chi connectivity index (χ4v) is 5.88. The number of hydrogen-bond acceptors (Lipinski definition) is 5. The molecule has 0 spiro atoms. The zero-order valence-electron chi connectivity index (χ0n) is 21.5. The second-order valence-electron chi connectivity index (χ2n) is 10.7. The van der Waals surface area contributed by atoms with E-state index in [0.29, 0.717) is 5.92 Å². The number of aliphatic imine (C=N–C) groups is 2. The molecule has 2 aromatic rings. The number of piperidine rings is 1. The van der Waals surface area contributed by atoms with Gasteiger partial charge in [0.15, 0.2) is 0 Å². The maximum absolute atomic E-state index is 10.2. The van der Waals surface area contributed by atoms with Crippen LogP contribution in [-0.2, 0) is 11.2 Å². The number of ether oxygens (including phenoxy) is 1. The van der Waals surface area contributed by atoms with Gasteiger partial charge in [0.1, 0.15) is 17.8 Å². The topological polar surface area (TPSA) is 73.2 Å². The first-order chi connectivity index (χ1) is 16.9. The van der Waals surface area contributed by atoms with Gasteiger partial charge < -0.3 is 19.7 Å². The van der Waals surface area contributed by atoms with Crippen LogP contribution < -0.4 is 0 Å². The SMILES string of the molecule is CCc1c(C2=C/CCC3N=CN=C3/C(OC)=C\2)[nH]c2ccc(C3CCN(CC(C)(C)O)CC3)cc12. The summed E-state index contributed by atoms with van der Waals surface area (Å²) in [5.74, 6) is 1.37. The highest BCUT2D eigenvalue weighted by Crippen LogP contribution is 2.35. The highest BCUT2D eigenvalue weighted by molar-refractivity contribution is 6.10. The number of allylic oxidation sites excluding steroid dienone is 3. The number of aromatic nitrogens is 1. The molecule has 1 atom stereocenters. The molecule has 3 heterocycles. The van der Waals surface area contributed by atoms with Crippen LogP contribution in [0.5, 0.6) is 0 Å². The number of β-amino-alcohol motifs (C(OH)–C–C–N with tert-alkyl or cyclic N) is 1. The lowest BCUT2D eigenvalue weighted by Gasteiger charge is -2.35. The summed E-state index contributed by atoms with van der Waals surface area (Å²) in [6.07, 6.45) is 11.2. The first kappa shape index (κ1) is 24.0. The minimum atomic E-state index is -0.634. The van der Waals surface area contributed by atoms with Crippen molar-refractivity contribution >= 4 is 28.5 Å². The number of aliphatic hydroxyl groups is 1. The van der Waals surface area contributed by atoms with Crippen molar-refractivity contribution in [2.45, 2.75) is 70.4 Å². The van der Waals surface area contributed by atoms with E-state index in [0.717, 1.165) is 63.2 Å². The van der Waals surface area contributed by atoms with Gasteiger partial charge in [-0.25, -0.2) is 4.99 Å². The highest BCUT2D eigenvalue weighted by atomic mass is 16.5. The molecule has 35 heavy (non-hydrogen) atoms. The maximum Gasteiger partial charge on any atom is 0.143 e. The van der Waals surface area contributed by atoms with Crippen LogP contribution >= 0.6 is 0 Å². The van der Waals surface area contributed by atoms with Crippen molar-refractivity contribution in [2.75, 3.05) is 26.7 Å². The number of rotatable bonds is 6. The quantitative estimate of drug-likeness (QED) is 0.601. The molecule has 2 N–H and O–H groups in total. The second-order valence-corrected chi connectivity index (χ2v) is 10.7. The summed E-state index contributed by atoms with van der Waals surface area (Å²) in [6, 6.07) is 7.08. The standard InChI is InChI=1S/C29H38N4O2/c1-5-22-23-15-20(19-11-13-33(14-12-19)17-29(2,3)34)9-10-24(23)32-27(22)21-7-6-8-25-28(31-18-30-25)26(16-21)35-4/h7,9-10,15-16,18-19,25,32,34H,5-6,8,11-14,17H2,1-4H3/b21-7+,26-16+. The number of methoxy groups -OCH3 is 1. The first-order valence-corrected chi connectivity index (χ1v) is 13.0. The number of benzene rings is 1. The summed E-state index contributed by atoms with van der Waals surface area (Å²) in [4.78, 5) is 15.1. The van der Waals surface area contributed by atoms with Gasteiger partial charge in [0, 0.05) is 23.1 Å². The molecule has 2 aliphatic heterocycles. The lowest BCUT2D eigenvalue weighted by atomic mass is 9.88. The molecule has 1 unspecified atom stereocenters. The summed E-state index contributed by atoms with van der Waals surface area (Å²) in [5, 5.41) is 11.5. The van der Waals surface area contributed by atoms with Crippen molar-refractivity contribution in [1.29, 1.82) is 0 Å². The van der Waals surface area contributed by atoms with Gasteiger partial charge in [0.2, 0.25) is 0 Å². The molecule has 1 aromatic heterocycles. The Labute approximate surface area is 208 Å². The van der Waals surface area contributed by atoms with Crippen LogP contribution in [0.15, 0.2) is 46.1 Å². The third kappa shape index (κ3) is 5.00. The molecule has 1 fully saturated rings. The summed E-state index contributed by atoms with van der Waals surface area (Å²) in [7, 11) is 1.72. The van der Waals surface area contributed by atoms with E-state index in [1.165, 1.54) is 33.3 Å². The smallest absolute Gasteiger partial charge is 0.143 e. The molecule has 1 saturated heterocycles. The molecular weight excluding hydrogens is 436 g/mol. The molecule has 186 valence electrons. The molecule has 1 aliphatic carbocycles. The molecule has 0 amide bonds. The van der Waals surface area contributed by atoms with E-state index in [9.17, 15) is 5.11 Å². The van der Waals surface area contributed by atoms with E-state index < -0.39 is 5.60 Å². The Bertz CT molecular complexity index is 1200. The predicted molar refractivity (Wildman–Crippen MR) is 144 cm³/mol. The summed E-state index contributed by atoms with van der Waals surface area (Å²) in [5.41, 5.74) is 6.64. The van der Waals surface area contributed by atoms with Gasteiger partial charge in [-0.2, -0.15) is 0 Å². The Morgan fingerprint density at radius 1 is 1.20 bits per heavy atom. The van der Waals surface area contributed by atoms with Crippen molar-refractivity contribution < 1.29 is 9.84 Å². The fraction of sp³-hybridized carbons (Fsp3) is 0.517. The molecule has 0 saturated carbocycles. The van der Waals surface area contributed by atoms with Gasteiger partial charge in [-0.15, -0.1) is 0 Å². The van der Waals surface area contributed by atoms with Crippen molar-refractivity contribution in [2.24, 2.45) is 9.98 Å². The average Bonchev–Trinajstić information content (AvgIpc) is 3.42. The second kappa shape index (κ2) is 9.75. The highest BCUT2D eigenvalue weighted by Gasteiger charge is 2.27.